The minimum atomic E-state index is -4.27. The molecule has 0 bridgehead atoms. The Bertz CT molecular complexity index is 1070. The summed E-state index contributed by atoms with van der Waals surface area (Å²) >= 11 is 0. The molecule has 252 valence electrons. The molecule has 0 N–H and O–H groups in total. The van der Waals surface area contributed by atoms with Crippen molar-refractivity contribution in [2.24, 2.45) is 13.0 Å². The molecule has 7 nitrogen and oxygen atoms in total. The van der Waals surface area contributed by atoms with Crippen molar-refractivity contribution in [1.82, 2.24) is 4.57 Å². The van der Waals surface area contributed by atoms with Gasteiger partial charge in [-0.2, -0.15) is 0 Å². The van der Waals surface area contributed by atoms with Crippen molar-refractivity contribution >= 4 is 10.1 Å². The molecule has 0 aliphatic carbocycles. The van der Waals surface area contributed by atoms with E-state index in [1.807, 2.05) is 6.92 Å². The Balaban J connectivity index is 0.000000514. The van der Waals surface area contributed by atoms with Gasteiger partial charge in [0.15, 0.2) is 0 Å². The predicted octanol–water partition coefficient (Wildman–Crippen LogP) is 8.29. The number of hydrogen-bond acceptors (Lipinski definition) is 5. The van der Waals surface area contributed by atoms with Crippen molar-refractivity contribution in [3.63, 3.8) is 0 Å². The number of imidazole rings is 1. The van der Waals surface area contributed by atoms with E-state index in [0.29, 0.717) is 6.10 Å². The number of hydrogen-bond donors (Lipinski definition) is 0. The molecule has 0 radical (unpaired) electrons. The van der Waals surface area contributed by atoms with Gasteiger partial charge in [0.25, 0.3) is 0 Å². The summed E-state index contributed by atoms with van der Waals surface area (Å²) in [5, 5.41) is 0. The first-order valence-corrected chi connectivity index (χ1v) is 18.9. The van der Waals surface area contributed by atoms with Gasteiger partial charge in [-0.25, -0.2) is 17.6 Å². The maximum absolute atomic E-state index is 10.4. The molecule has 1 fully saturated rings. The number of benzene rings is 1. The zero-order chi connectivity index (χ0) is 31.9. The van der Waals surface area contributed by atoms with Crippen LogP contribution in [0, 0.1) is 12.8 Å². The van der Waals surface area contributed by atoms with Gasteiger partial charge in [0.2, 0.25) is 6.33 Å². The first-order chi connectivity index (χ1) is 21.3. The summed E-state index contributed by atoms with van der Waals surface area (Å²) in [6.45, 7) is 7.89. The Labute approximate surface area is 269 Å². The van der Waals surface area contributed by atoms with Crippen molar-refractivity contribution in [3.05, 3.63) is 48.5 Å². The van der Waals surface area contributed by atoms with E-state index in [4.69, 9.17) is 9.47 Å². The lowest BCUT2D eigenvalue weighted by molar-refractivity contribution is -0.671. The van der Waals surface area contributed by atoms with Gasteiger partial charge < -0.3 is 14.0 Å². The van der Waals surface area contributed by atoms with E-state index in [0.717, 1.165) is 37.8 Å². The molecule has 3 rings (SSSR count). The number of ether oxygens (including phenoxy) is 2. The highest BCUT2D eigenvalue weighted by atomic mass is 32.2. The van der Waals surface area contributed by atoms with Crippen LogP contribution in [0.4, 0.5) is 0 Å². The number of aromatic nitrogens is 2. The maximum Gasteiger partial charge on any atom is 0.243 e. The molecule has 1 aromatic heterocycles. The quantitative estimate of drug-likeness (QED) is 0.0698. The highest BCUT2D eigenvalue weighted by molar-refractivity contribution is 7.85. The summed E-state index contributed by atoms with van der Waals surface area (Å²) in [5.74, 6) is 0.775. The fourth-order valence-corrected chi connectivity index (χ4v) is 6.25. The van der Waals surface area contributed by atoms with E-state index < -0.39 is 10.1 Å². The van der Waals surface area contributed by atoms with Crippen LogP contribution in [0.15, 0.2) is 47.9 Å². The number of unbranched alkanes of at least 4 members (excludes halogenated alkanes) is 14. The van der Waals surface area contributed by atoms with E-state index in [2.05, 4.69) is 41.8 Å². The third kappa shape index (κ3) is 18.9. The second-order valence-corrected chi connectivity index (χ2v) is 14.2. The smallest absolute Gasteiger partial charge is 0.243 e. The molecule has 0 amide bonds. The van der Waals surface area contributed by atoms with Gasteiger partial charge in [-0.1, -0.05) is 108 Å². The summed E-state index contributed by atoms with van der Waals surface area (Å²) in [4.78, 5) is -0.178. The van der Waals surface area contributed by atoms with Crippen LogP contribution in [0.5, 0.6) is 0 Å². The molecule has 0 saturated carbocycles. The second-order valence-electron chi connectivity index (χ2n) is 12.8. The van der Waals surface area contributed by atoms with E-state index >= 15 is 0 Å². The molecule has 44 heavy (non-hydrogen) atoms. The lowest BCUT2D eigenvalue weighted by atomic mass is 9.97. The highest BCUT2D eigenvalue weighted by Gasteiger charge is 2.25. The lowest BCUT2D eigenvalue weighted by Crippen LogP contribution is -2.23. The Hall–Kier alpha value is -1.74. The summed E-state index contributed by atoms with van der Waals surface area (Å²) in [6, 6.07) is 5.78. The lowest BCUT2D eigenvalue weighted by Gasteiger charge is -2.10. The maximum atomic E-state index is 10.4. The summed E-state index contributed by atoms with van der Waals surface area (Å²) in [7, 11) is -2.20. The van der Waals surface area contributed by atoms with Crippen molar-refractivity contribution < 1.29 is 27.0 Å². The average molecular weight is 635 g/mol. The fraction of sp³-hybridized carbons (Fsp3) is 0.750. The topological polar surface area (TPSA) is 84.5 Å². The Morgan fingerprint density at radius 3 is 2.07 bits per heavy atom. The van der Waals surface area contributed by atoms with E-state index in [-0.39, 0.29) is 4.90 Å². The molecule has 8 heteroatoms. The van der Waals surface area contributed by atoms with Crippen molar-refractivity contribution in [2.45, 2.75) is 147 Å². The molecule has 1 aromatic carbocycles. The van der Waals surface area contributed by atoms with E-state index in [1.54, 1.807) is 12.1 Å². The summed E-state index contributed by atoms with van der Waals surface area (Å²) in [6.07, 6.45) is 31.5. The Kier molecular flexibility index (Phi) is 20.6. The molecule has 2 aromatic rings. The van der Waals surface area contributed by atoms with Crippen LogP contribution < -0.4 is 4.57 Å². The normalized spacial score (nSPS) is 16.6. The number of aryl methyl sites for hydroxylation is 3. The van der Waals surface area contributed by atoms with Crippen molar-refractivity contribution in [1.29, 1.82) is 0 Å². The van der Waals surface area contributed by atoms with Crippen molar-refractivity contribution in [2.75, 3.05) is 19.8 Å². The minimum Gasteiger partial charge on any atom is -0.744 e. The predicted molar refractivity (Wildman–Crippen MR) is 178 cm³/mol. The fourth-order valence-electron chi connectivity index (χ4n) is 5.78. The van der Waals surface area contributed by atoms with E-state index in [1.165, 1.54) is 128 Å². The minimum absolute atomic E-state index is 0.178. The zero-order valence-corrected chi connectivity index (χ0v) is 28.9. The van der Waals surface area contributed by atoms with Crippen LogP contribution in [0.3, 0.4) is 0 Å². The Morgan fingerprint density at radius 2 is 1.48 bits per heavy atom. The van der Waals surface area contributed by atoms with Crippen LogP contribution in [0.1, 0.15) is 128 Å². The van der Waals surface area contributed by atoms with Gasteiger partial charge >= 0.3 is 0 Å². The van der Waals surface area contributed by atoms with Gasteiger partial charge in [0.05, 0.1) is 31.2 Å². The van der Waals surface area contributed by atoms with E-state index in [9.17, 15) is 13.0 Å². The number of nitrogens with zero attached hydrogens (tertiary/aromatic N) is 2. The molecule has 2 atom stereocenters. The Morgan fingerprint density at radius 1 is 0.886 bits per heavy atom. The van der Waals surface area contributed by atoms with Crippen LogP contribution in [0.25, 0.3) is 0 Å². The second kappa shape index (κ2) is 23.6. The van der Waals surface area contributed by atoms with Gasteiger partial charge in [0, 0.05) is 13.2 Å². The third-order valence-corrected chi connectivity index (χ3v) is 9.37. The van der Waals surface area contributed by atoms with Crippen molar-refractivity contribution in [3.8, 4) is 0 Å². The largest absolute Gasteiger partial charge is 0.744 e. The van der Waals surface area contributed by atoms with Crippen LogP contribution in [0.2, 0.25) is 0 Å². The standard InChI is InChI=1S/C29H55N2O2.C7H8O3S/c1-3-4-5-6-7-8-9-10-11-12-13-16-19-28-24-29(33-25-28)26-32-23-18-15-14-17-20-31-22-21-30(2)27-31;1-6-2-4-7(5-3-6)11(8,9)10/h21-22,27-29H,3-20,23-26H2,1-2H3;2-5H,1H3,(H,8,9,10)/q+1;/p-1. The van der Waals surface area contributed by atoms with Crippen LogP contribution in [-0.2, 0) is 33.2 Å². The molecule has 0 spiro atoms. The molecular weight excluding hydrogens is 572 g/mol. The molecular formula is C36H62N2O5S. The highest BCUT2D eigenvalue weighted by Crippen LogP contribution is 2.25. The van der Waals surface area contributed by atoms with Crippen LogP contribution in [-0.4, -0.2) is 43.5 Å². The van der Waals surface area contributed by atoms with Gasteiger partial charge in [-0.15, -0.1) is 0 Å². The molecule has 2 heterocycles. The molecule has 1 saturated heterocycles. The van der Waals surface area contributed by atoms with Gasteiger partial charge in [-0.05, 0) is 57.1 Å². The SMILES string of the molecule is CCCCCCCCCCCCCCC1COC(COCCCCCCn2cc[n+](C)c2)C1.Cc1ccc(S(=O)(=O)[O-])cc1. The molecule has 1 aliphatic rings. The number of rotatable bonds is 23. The average Bonchev–Trinajstić information content (AvgIpc) is 3.63. The summed E-state index contributed by atoms with van der Waals surface area (Å²) < 4.78 is 47.4. The zero-order valence-electron chi connectivity index (χ0n) is 28.1. The summed E-state index contributed by atoms with van der Waals surface area (Å²) in [5.41, 5.74) is 0.928. The first-order valence-electron chi connectivity index (χ1n) is 17.5. The van der Waals surface area contributed by atoms with Gasteiger partial charge in [-0.3, -0.25) is 0 Å². The monoisotopic (exact) mass is 634 g/mol. The molecule has 1 aliphatic heterocycles. The van der Waals surface area contributed by atoms with Crippen LogP contribution >= 0.6 is 0 Å². The van der Waals surface area contributed by atoms with Gasteiger partial charge in [0.1, 0.15) is 22.5 Å². The first kappa shape index (κ1) is 38.4. The third-order valence-electron chi connectivity index (χ3n) is 8.52. The molecule has 2 unspecified atom stereocenters.